The number of nitrogens with one attached hydrogen (secondary N) is 2. The van der Waals surface area contributed by atoms with Crippen LogP contribution >= 0.6 is 0 Å². The fourth-order valence-electron chi connectivity index (χ4n) is 2.97. The summed E-state index contributed by atoms with van der Waals surface area (Å²) >= 11 is 0. The van der Waals surface area contributed by atoms with Crippen molar-refractivity contribution in [2.45, 2.75) is 24.8 Å². The molecule has 1 atom stereocenters. The maximum Gasteiger partial charge on any atom is 0.252 e. The van der Waals surface area contributed by atoms with Crippen LogP contribution < -0.4 is 10.0 Å². The molecule has 3 aromatic carbocycles. The van der Waals surface area contributed by atoms with Crippen LogP contribution in [0.5, 0.6) is 0 Å². The average Bonchev–Trinajstić information content (AvgIpc) is 2.67. The summed E-state index contributed by atoms with van der Waals surface area (Å²) in [6.45, 7) is 3.69. The van der Waals surface area contributed by atoms with Gasteiger partial charge < -0.3 is 5.32 Å². The molecule has 27 heavy (non-hydrogen) atoms. The van der Waals surface area contributed by atoms with Gasteiger partial charge in [-0.05, 0) is 61.0 Å². The molecular formula is C21H22N2O3S. The molecule has 0 aliphatic heterocycles. The number of hydrogen-bond donors (Lipinski definition) is 2. The Kier molecular flexibility index (Phi) is 5.30. The highest BCUT2D eigenvalue weighted by molar-refractivity contribution is 7.89. The Hall–Kier alpha value is -2.70. The molecular weight excluding hydrogens is 360 g/mol. The van der Waals surface area contributed by atoms with Gasteiger partial charge in [0.15, 0.2) is 0 Å². The molecule has 6 heteroatoms. The van der Waals surface area contributed by atoms with E-state index in [9.17, 15) is 13.2 Å². The van der Waals surface area contributed by atoms with E-state index >= 15 is 0 Å². The van der Waals surface area contributed by atoms with Crippen molar-refractivity contribution in [1.82, 2.24) is 10.0 Å². The molecule has 0 saturated heterocycles. The monoisotopic (exact) mass is 382 g/mol. The Bertz CT molecular complexity index is 1110. The smallest absolute Gasteiger partial charge is 0.252 e. The van der Waals surface area contributed by atoms with E-state index in [1.54, 1.807) is 13.0 Å². The second kappa shape index (κ2) is 7.50. The molecule has 0 bridgehead atoms. The van der Waals surface area contributed by atoms with Gasteiger partial charge in [-0.1, -0.05) is 42.5 Å². The topological polar surface area (TPSA) is 75.3 Å². The summed E-state index contributed by atoms with van der Waals surface area (Å²) in [5, 5.41) is 5.21. The highest BCUT2D eigenvalue weighted by Crippen LogP contribution is 2.21. The summed E-state index contributed by atoms with van der Waals surface area (Å²) in [5.74, 6) is -0.304. The van der Waals surface area contributed by atoms with Crippen molar-refractivity contribution in [3.05, 3.63) is 77.4 Å². The van der Waals surface area contributed by atoms with Gasteiger partial charge in [-0.3, -0.25) is 4.79 Å². The van der Waals surface area contributed by atoms with Gasteiger partial charge in [-0.2, -0.15) is 0 Å². The van der Waals surface area contributed by atoms with Gasteiger partial charge in [-0.25, -0.2) is 13.1 Å². The largest absolute Gasteiger partial charge is 0.346 e. The lowest BCUT2D eigenvalue weighted by Gasteiger charge is -2.16. The molecule has 3 rings (SSSR count). The lowest BCUT2D eigenvalue weighted by atomic mass is 10.0. The summed E-state index contributed by atoms with van der Waals surface area (Å²) in [5.41, 5.74) is 2.05. The number of hydrogen-bond acceptors (Lipinski definition) is 3. The van der Waals surface area contributed by atoms with Gasteiger partial charge in [0.1, 0.15) is 0 Å². The van der Waals surface area contributed by atoms with E-state index in [0.717, 1.165) is 16.3 Å². The molecule has 0 aliphatic rings. The second-order valence-corrected chi connectivity index (χ2v) is 8.37. The summed E-state index contributed by atoms with van der Waals surface area (Å²) in [4.78, 5) is 12.8. The summed E-state index contributed by atoms with van der Waals surface area (Å²) < 4.78 is 26.3. The van der Waals surface area contributed by atoms with E-state index in [-0.39, 0.29) is 16.8 Å². The molecule has 0 spiro atoms. The third kappa shape index (κ3) is 4.02. The highest BCUT2D eigenvalue weighted by Gasteiger charge is 2.18. The van der Waals surface area contributed by atoms with E-state index in [1.807, 2.05) is 43.3 Å². The predicted octanol–water partition coefficient (Wildman–Crippen LogP) is 3.55. The number of sulfonamides is 1. The number of aryl methyl sites for hydroxylation is 1. The van der Waals surface area contributed by atoms with Gasteiger partial charge in [-0.15, -0.1) is 0 Å². The third-order valence-corrected chi connectivity index (χ3v) is 6.07. The van der Waals surface area contributed by atoms with Crippen LogP contribution in [-0.4, -0.2) is 21.4 Å². The summed E-state index contributed by atoms with van der Waals surface area (Å²) in [6.07, 6.45) is 0. The first kappa shape index (κ1) is 19.1. The molecule has 3 aromatic rings. The van der Waals surface area contributed by atoms with Gasteiger partial charge >= 0.3 is 0 Å². The fraction of sp³-hybridized carbons (Fsp3) is 0.190. The number of benzene rings is 3. The van der Waals surface area contributed by atoms with E-state index in [4.69, 9.17) is 0 Å². The molecule has 1 unspecified atom stereocenters. The molecule has 5 nitrogen and oxygen atoms in total. The lowest BCUT2D eigenvalue weighted by Crippen LogP contribution is -2.28. The quantitative estimate of drug-likeness (QED) is 0.709. The van der Waals surface area contributed by atoms with E-state index in [1.165, 1.54) is 19.2 Å². The van der Waals surface area contributed by atoms with Crippen molar-refractivity contribution in [1.29, 1.82) is 0 Å². The SMILES string of the molecule is CNS(=O)(=O)c1ccc(C)c(C(=O)NC(C)c2ccc3ccccc3c2)c1. The van der Waals surface area contributed by atoms with Crippen molar-refractivity contribution in [3.63, 3.8) is 0 Å². The first-order valence-electron chi connectivity index (χ1n) is 8.65. The Labute approximate surface area is 159 Å². The zero-order valence-electron chi connectivity index (χ0n) is 15.5. The molecule has 2 N–H and O–H groups in total. The Morgan fingerprint density at radius 1 is 0.963 bits per heavy atom. The average molecular weight is 382 g/mol. The Morgan fingerprint density at radius 2 is 1.67 bits per heavy atom. The van der Waals surface area contributed by atoms with Crippen molar-refractivity contribution in [2.24, 2.45) is 0 Å². The second-order valence-electron chi connectivity index (χ2n) is 6.49. The van der Waals surface area contributed by atoms with Crippen LogP contribution in [0.2, 0.25) is 0 Å². The van der Waals surface area contributed by atoms with Gasteiger partial charge in [0.25, 0.3) is 5.91 Å². The standard InChI is InChI=1S/C21H22N2O3S/c1-14-8-11-19(27(25,26)22-3)13-20(14)21(24)23-15(2)17-10-9-16-6-4-5-7-18(16)12-17/h4-13,15,22H,1-3H3,(H,23,24). The number of fused-ring (bicyclic) bond motifs is 1. The van der Waals surface area contributed by atoms with Crippen LogP contribution in [0, 0.1) is 6.92 Å². The molecule has 140 valence electrons. The van der Waals surface area contributed by atoms with Crippen molar-refractivity contribution in [3.8, 4) is 0 Å². The molecule has 0 saturated carbocycles. The molecule has 0 aliphatic carbocycles. The minimum absolute atomic E-state index is 0.0686. The van der Waals surface area contributed by atoms with Crippen LogP contribution in [0.3, 0.4) is 0 Å². The fourth-order valence-corrected chi connectivity index (χ4v) is 3.72. The maximum atomic E-state index is 12.8. The first-order chi connectivity index (χ1) is 12.8. The molecule has 0 aromatic heterocycles. The molecule has 0 fully saturated rings. The summed E-state index contributed by atoms with van der Waals surface area (Å²) in [7, 11) is -2.26. The minimum Gasteiger partial charge on any atom is -0.346 e. The van der Waals surface area contributed by atoms with E-state index in [0.29, 0.717) is 11.1 Å². The van der Waals surface area contributed by atoms with Crippen LogP contribution in [0.25, 0.3) is 10.8 Å². The number of carbonyl (C=O) groups is 1. The van der Waals surface area contributed by atoms with Crippen LogP contribution in [-0.2, 0) is 10.0 Å². The van der Waals surface area contributed by atoms with Gasteiger partial charge in [0, 0.05) is 5.56 Å². The number of rotatable bonds is 5. The van der Waals surface area contributed by atoms with Gasteiger partial charge in [0.05, 0.1) is 10.9 Å². The predicted molar refractivity (Wildman–Crippen MR) is 107 cm³/mol. The van der Waals surface area contributed by atoms with E-state index in [2.05, 4.69) is 16.1 Å². The van der Waals surface area contributed by atoms with Gasteiger partial charge in [0.2, 0.25) is 10.0 Å². The Morgan fingerprint density at radius 3 is 2.37 bits per heavy atom. The zero-order valence-corrected chi connectivity index (χ0v) is 16.3. The zero-order chi connectivity index (χ0) is 19.6. The van der Waals surface area contributed by atoms with Crippen LogP contribution in [0.1, 0.15) is 34.5 Å². The number of carbonyl (C=O) groups excluding carboxylic acids is 1. The normalized spacial score (nSPS) is 12.7. The summed E-state index contributed by atoms with van der Waals surface area (Å²) in [6, 6.07) is 18.4. The molecule has 0 radical (unpaired) electrons. The maximum absolute atomic E-state index is 12.8. The van der Waals surface area contributed by atoms with Crippen molar-refractivity contribution >= 4 is 26.7 Å². The van der Waals surface area contributed by atoms with Crippen molar-refractivity contribution in [2.75, 3.05) is 7.05 Å². The lowest BCUT2D eigenvalue weighted by molar-refractivity contribution is 0.0939. The third-order valence-electron chi connectivity index (χ3n) is 4.65. The number of amides is 1. The van der Waals surface area contributed by atoms with Crippen LogP contribution in [0.4, 0.5) is 0 Å². The minimum atomic E-state index is -3.61. The van der Waals surface area contributed by atoms with Crippen molar-refractivity contribution < 1.29 is 13.2 Å². The van der Waals surface area contributed by atoms with E-state index < -0.39 is 10.0 Å². The molecule has 1 amide bonds. The highest BCUT2D eigenvalue weighted by atomic mass is 32.2. The Balaban J connectivity index is 1.86. The van der Waals surface area contributed by atoms with Crippen LogP contribution in [0.15, 0.2) is 65.6 Å². The first-order valence-corrected chi connectivity index (χ1v) is 10.1. The molecule has 0 heterocycles.